The van der Waals surface area contributed by atoms with Crippen LogP contribution in [0.4, 0.5) is 11.4 Å². The first-order valence-corrected chi connectivity index (χ1v) is 6.15. The molecule has 1 heterocycles. The molecule has 0 amide bonds. The van der Waals surface area contributed by atoms with Gasteiger partial charge in [0.15, 0.2) is 5.69 Å². The number of nitrogens with one attached hydrogen (secondary N) is 1. The Labute approximate surface area is 111 Å². The summed E-state index contributed by atoms with van der Waals surface area (Å²) in [4.78, 5) is 18.9. The molecule has 1 N–H and O–H groups in total. The van der Waals surface area contributed by atoms with Gasteiger partial charge in [0.05, 0.1) is 11.4 Å². The van der Waals surface area contributed by atoms with Crippen molar-refractivity contribution in [2.24, 2.45) is 10.2 Å². The van der Waals surface area contributed by atoms with Gasteiger partial charge in [-0.1, -0.05) is 32.0 Å². The number of H-pyrrole nitrogens is 1. The Hall–Kier alpha value is -2.30. The molecule has 0 unspecified atom stereocenters. The van der Waals surface area contributed by atoms with Gasteiger partial charge in [-0.25, -0.2) is 4.98 Å². The number of hydrogen-bond donors (Lipinski definition) is 1. The summed E-state index contributed by atoms with van der Waals surface area (Å²) in [5.74, 6) is 0.707. The van der Waals surface area contributed by atoms with Crippen molar-refractivity contribution in [3.63, 3.8) is 0 Å². The van der Waals surface area contributed by atoms with Gasteiger partial charge in [0.2, 0.25) is 0 Å². The van der Waals surface area contributed by atoms with Gasteiger partial charge in [-0.3, -0.25) is 4.79 Å². The van der Waals surface area contributed by atoms with E-state index in [0.717, 1.165) is 0 Å². The molecule has 0 atom stereocenters. The SMILES string of the molecule is Cc1nc(C(C)C)c(N=Nc2ccccc2)c(=O)[nH]1. The van der Waals surface area contributed by atoms with Crippen LogP contribution in [0.5, 0.6) is 0 Å². The van der Waals surface area contributed by atoms with Crippen LogP contribution < -0.4 is 5.56 Å². The quantitative estimate of drug-likeness (QED) is 0.852. The van der Waals surface area contributed by atoms with Crippen molar-refractivity contribution in [1.82, 2.24) is 9.97 Å². The molecule has 19 heavy (non-hydrogen) atoms. The molecule has 0 bridgehead atoms. The highest BCUT2D eigenvalue weighted by atomic mass is 16.1. The van der Waals surface area contributed by atoms with Crippen LogP contribution >= 0.6 is 0 Å². The Morgan fingerprint density at radius 1 is 1.16 bits per heavy atom. The van der Waals surface area contributed by atoms with Crippen molar-refractivity contribution in [3.8, 4) is 0 Å². The normalized spacial score (nSPS) is 11.4. The smallest absolute Gasteiger partial charge is 0.278 e. The lowest BCUT2D eigenvalue weighted by molar-refractivity contribution is 0.793. The van der Waals surface area contributed by atoms with E-state index in [1.165, 1.54) is 0 Å². The minimum absolute atomic E-state index is 0.116. The third kappa shape index (κ3) is 3.13. The van der Waals surface area contributed by atoms with Crippen LogP contribution in [0.15, 0.2) is 45.4 Å². The molecule has 0 aliphatic rings. The largest absolute Gasteiger partial charge is 0.309 e. The molecule has 98 valence electrons. The highest BCUT2D eigenvalue weighted by Crippen LogP contribution is 2.22. The van der Waals surface area contributed by atoms with Crippen LogP contribution in [0.2, 0.25) is 0 Å². The highest BCUT2D eigenvalue weighted by Gasteiger charge is 2.13. The maximum atomic E-state index is 11.9. The Bertz CT molecular complexity index is 644. The summed E-state index contributed by atoms with van der Waals surface area (Å²) >= 11 is 0. The number of aromatic nitrogens is 2. The summed E-state index contributed by atoms with van der Waals surface area (Å²) < 4.78 is 0. The molecule has 5 nitrogen and oxygen atoms in total. The summed E-state index contributed by atoms with van der Waals surface area (Å²) in [7, 11) is 0. The monoisotopic (exact) mass is 256 g/mol. The van der Waals surface area contributed by atoms with Crippen molar-refractivity contribution >= 4 is 11.4 Å². The first-order chi connectivity index (χ1) is 9.08. The van der Waals surface area contributed by atoms with Crippen LogP contribution in [0.25, 0.3) is 0 Å². The maximum absolute atomic E-state index is 11.9. The van der Waals surface area contributed by atoms with E-state index < -0.39 is 0 Å². The van der Waals surface area contributed by atoms with Crippen molar-refractivity contribution in [2.75, 3.05) is 0 Å². The Kier molecular flexibility index (Phi) is 3.85. The van der Waals surface area contributed by atoms with Gasteiger partial charge < -0.3 is 4.98 Å². The van der Waals surface area contributed by atoms with Crippen LogP contribution in [0, 0.1) is 6.92 Å². The predicted molar refractivity (Wildman–Crippen MR) is 74.3 cm³/mol. The molecule has 0 fully saturated rings. The fourth-order valence-corrected chi connectivity index (χ4v) is 1.70. The maximum Gasteiger partial charge on any atom is 0.278 e. The van der Waals surface area contributed by atoms with E-state index in [1.807, 2.05) is 44.2 Å². The Morgan fingerprint density at radius 2 is 1.84 bits per heavy atom. The van der Waals surface area contributed by atoms with Crippen molar-refractivity contribution in [3.05, 3.63) is 52.2 Å². The number of azo groups is 1. The lowest BCUT2D eigenvalue weighted by Crippen LogP contribution is -2.13. The van der Waals surface area contributed by atoms with E-state index >= 15 is 0 Å². The van der Waals surface area contributed by atoms with Gasteiger partial charge in [-0.2, -0.15) is 5.11 Å². The van der Waals surface area contributed by atoms with Crippen molar-refractivity contribution in [2.45, 2.75) is 26.7 Å². The van der Waals surface area contributed by atoms with Gasteiger partial charge >= 0.3 is 0 Å². The number of rotatable bonds is 3. The first-order valence-electron chi connectivity index (χ1n) is 6.15. The van der Waals surface area contributed by atoms with E-state index in [4.69, 9.17) is 0 Å². The van der Waals surface area contributed by atoms with E-state index in [0.29, 0.717) is 17.2 Å². The van der Waals surface area contributed by atoms with Gasteiger partial charge in [-0.05, 0) is 25.0 Å². The summed E-state index contributed by atoms with van der Waals surface area (Å²) in [6.07, 6.45) is 0. The molecular formula is C14H16N4O. The van der Waals surface area contributed by atoms with Gasteiger partial charge in [0, 0.05) is 0 Å². The van der Waals surface area contributed by atoms with Gasteiger partial charge in [0.1, 0.15) is 5.82 Å². The summed E-state index contributed by atoms with van der Waals surface area (Å²) in [6.45, 7) is 5.71. The molecule has 1 aromatic carbocycles. The first kappa shape index (κ1) is 13.1. The molecule has 0 saturated heterocycles. The number of nitrogens with zero attached hydrogens (tertiary/aromatic N) is 3. The fraction of sp³-hybridized carbons (Fsp3) is 0.286. The molecule has 1 aromatic heterocycles. The van der Waals surface area contributed by atoms with Crippen molar-refractivity contribution in [1.29, 1.82) is 0 Å². The molecule has 0 spiro atoms. The summed E-state index contributed by atoms with van der Waals surface area (Å²) in [5.41, 5.74) is 1.40. The number of aromatic amines is 1. The summed E-state index contributed by atoms with van der Waals surface area (Å²) in [6, 6.07) is 9.30. The zero-order valence-electron chi connectivity index (χ0n) is 11.2. The van der Waals surface area contributed by atoms with Gasteiger partial charge in [-0.15, -0.1) is 5.11 Å². The van der Waals surface area contributed by atoms with E-state index in [2.05, 4.69) is 20.2 Å². The Balaban J connectivity index is 2.45. The second-order valence-corrected chi connectivity index (χ2v) is 4.58. The molecule has 2 rings (SSSR count). The number of hydrogen-bond acceptors (Lipinski definition) is 4. The lowest BCUT2D eigenvalue weighted by atomic mass is 10.1. The van der Waals surface area contributed by atoms with E-state index in [-0.39, 0.29) is 17.2 Å². The molecule has 0 aliphatic carbocycles. The van der Waals surface area contributed by atoms with Gasteiger partial charge in [0.25, 0.3) is 5.56 Å². The molecule has 2 aromatic rings. The standard InChI is InChI=1S/C14H16N4O/c1-9(2)12-13(14(19)16-10(3)15-12)18-17-11-7-5-4-6-8-11/h4-9H,1-3H3,(H,15,16,19). The molecule has 0 saturated carbocycles. The average Bonchev–Trinajstić information content (AvgIpc) is 2.38. The lowest BCUT2D eigenvalue weighted by Gasteiger charge is -2.07. The van der Waals surface area contributed by atoms with Crippen LogP contribution in [0.3, 0.4) is 0 Å². The van der Waals surface area contributed by atoms with Crippen LogP contribution in [-0.2, 0) is 0 Å². The third-order valence-corrected chi connectivity index (χ3v) is 2.61. The fourth-order valence-electron chi connectivity index (χ4n) is 1.70. The Morgan fingerprint density at radius 3 is 2.47 bits per heavy atom. The topological polar surface area (TPSA) is 70.5 Å². The molecule has 0 aliphatic heterocycles. The molecule has 5 heteroatoms. The van der Waals surface area contributed by atoms with Crippen molar-refractivity contribution < 1.29 is 0 Å². The second kappa shape index (κ2) is 5.56. The van der Waals surface area contributed by atoms with E-state index in [1.54, 1.807) is 6.92 Å². The summed E-state index contributed by atoms with van der Waals surface area (Å²) in [5, 5.41) is 8.13. The minimum Gasteiger partial charge on any atom is -0.309 e. The molecule has 0 radical (unpaired) electrons. The highest BCUT2D eigenvalue weighted by molar-refractivity contribution is 5.42. The number of benzene rings is 1. The zero-order valence-corrected chi connectivity index (χ0v) is 11.2. The predicted octanol–water partition coefficient (Wildman–Crippen LogP) is 3.62. The minimum atomic E-state index is -0.254. The molecular weight excluding hydrogens is 240 g/mol. The zero-order chi connectivity index (χ0) is 13.8. The number of aryl methyl sites for hydroxylation is 1. The third-order valence-electron chi connectivity index (χ3n) is 2.61. The van der Waals surface area contributed by atoms with E-state index in [9.17, 15) is 4.79 Å². The average molecular weight is 256 g/mol. The van der Waals surface area contributed by atoms with Crippen LogP contribution in [-0.4, -0.2) is 9.97 Å². The van der Waals surface area contributed by atoms with Crippen LogP contribution in [0.1, 0.15) is 31.3 Å². The second-order valence-electron chi connectivity index (χ2n) is 4.58.